The van der Waals surface area contributed by atoms with Crippen LogP contribution in [0.15, 0.2) is 17.0 Å². The lowest BCUT2D eigenvalue weighted by molar-refractivity contribution is 0.0529. The van der Waals surface area contributed by atoms with Crippen LogP contribution >= 0.6 is 0 Å². The molecule has 0 aliphatic rings. The predicted molar refractivity (Wildman–Crippen MR) is 89.8 cm³/mol. The smallest absolute Gasteiger partial charge is 0.407 e. The minimum absolute atomic E-state index is 0.0505. The van der Waals surface area contributed by atoms with E-state index in [0.29, 0.717) is 11.3 Å². The van der Waals surface area contributed by atoms with Crippen LogP contribution in [0.2, 0.25) is 0 Å². The molecule has 0 atom stereocenters. The number of nitrogens with two attached hydrogens (primary N) is 1. The molecule has 0 aromatic heterocycles. The third-order valence-electron chi connectivity index (χ3n) is 3.02. The number of nitrogen functional groups attached to an aromatic ring is 1. The number of carbonyl (C=O) groups is 1. The maximum atomic E-state index is 12.3. The molecular weight excluding hydrogens is 318 g/mol. The summed E-state index contributed by atoms with van der Waals surface area (Å²) in [5.41, 5.74) is 6.95. The second-order valence-corrected chi connectivity index (χ2v) is 8.02. The SMILES string of the molecule is Cc1cc(N)cc(S(=O)(=O)NCCNC(=O)OC(C)(C)C)c1C. The molecule has 0 heterocycles. The molecule has 0 saturated carbocycles. The lowest BCUT2D eigenvalue weighted by Gasteiger charge is -2.19. The molecule has 0 saturated heterocycles. The van der Waals surface area contributed by atoms with E-state index in [1.807, 2.05) is 0 Å². The minimum Gasteiger partial charge on any atom is -0.444 e. The van der Waals surface area contributed by atoms with Crippen molar-refractivity contribution < 1.29 is 17.9 Å². The normalized spacial score (nSPS) is 12.0. The largest absolute Gasteiger partial charge is 0.444 e. The number of carbonyl (C=O) groups excluding carboxylic acids is 1. The zero-order chi connectivity index (χ0) is 17.8. The van der Waals surface area contributed by atoms with Gasteiger partial charge in [0, 0.05) is 18.8 Å². The van der Waals surface area contributed by atoms with Gasteiger partial charge < -0.3 is 15.8 Å². The molecule has 7 nitrogen and oxygen atoms in total. The van der Waals surface area contributed by atoms with Gasteiger partial charge in [0.1, 0.15) is 5.60 Å². The van der Waals surface area contributed by atoms with Crippen molar-refractivity contribution in [3.05, 3.63) is 23.3 Å². The van der Waals surface area contributed by atoms with Crippen molar-refractivity contribution in [1.29, 1.82) is 0 Å². The molecule has 1 amide bonds. The van der Waals surface area contributed by atoms with Gasteiger partial charge in [0.05, 0.1) is 4.90 Å². The summed E-state index contributed by atoms with van der Waals surface area (Å²) in [5.74, 6) is 0. The highest BCUT2D eigenvalue weighted by Crippen LogP contribution is 2.21. The van der Waals surface area contributed by atoms with Gasteiger partial charge in [-0.1, -0.05) is 0 Å². The first kappa shape index (κ1) is 19.2. The molecule has 0 aliphatic heterocycles. The molecule has 130 valence electrons. The van der Waals surface area contributed by atoms with Crippen LogP contribution in [-0.4, -0.2) is 33.2 Å². The van der Waals surface area contributed by atoms with Crippen LogP contribution in [0.1, 0.15) is 31.9 Å². The van der Waals surface area contributed by atoms with E-state index in [1.54, 1.807) is 40.7 Å². The highest BCUT2D eigenvalue weighted by Gasteiger charge is 2.19. The summed E-state index contributed by atoms with van der Waals surface area (Å²) in [6.45, 7) is 8.95. The van der Waals surface area contributed by atoms with E-state index in [-0.39, 0.29) is 18.0 Å². The second-order valence-electron chi connectivity index (χ2n) is 6.29. The molecule has 0 radical (unpaired) electrons. The summed E-state index contributed by atoms with van der Waals surface area (Å²) < 4.78 is 32.1. The topological polar surface area (TPSA) is 111 Å². The molecule has 8 heteroatoms. The first-order chi connectivity index (χ1) is 10.4. The summed E-state index contributed by atoms with van der Waals surface area (Å²) in [6.07, 6.45) is -0.590. The highest BCUT2D eigenvalue weighted by molar-refractivity contribution is 7.89. The molecular formula is C15H25N3O4S. The number of ether oxygens (including phenoxy) is 1. The van der Waals surface area contributed by atoms with Gasteiger partial charge in [-0.2, -0.15) is 0 Å². The fourth-order valence-corrected chi connectivity index (χ4v) is 3.26. The number of hydrogen-bond donors (Lipinski definition) is 3. The van der Waals surface area contributed by atoms with E-state index in [0.717, 1.165) is 5.56 Å². The summed E-state index contributed by atoms with van der Waals surface area (Å²) >= 11 is 0. The number of alkyl carbamates (subject to hydrolysis) is 1. The standard InChI is InChI=1S/C15H25N3O4S/c1-10-8-12(16)9-13(11(10)2)23(20,21)18-7-6-17-14(19)22-15(3,4)5/h8-9,18H,6-7,16H2,1-5H3,(H,17,19). The first-order valence-electron chi connectivity index (χ1n) is 7.25. The van der Waals surface area contributed by atoms with Gasteiger partial charge in [-0.25, -0.2) is 17.9 Å². The minimum atomic E-state index is -3.69. The van der Waals surface area contributed by atoms with Crippen LogP contribution in [0.25, 0.3) is 0 Å². The molecule has 0 unspecified atom stereocenters. The van der Waals surface area contributed by atoms with Crippen LogP contribution in [0.4, 0.5) is 10.5 Å². The molecule has 0 aliphatic carbocycles. The lowest BCUT2D eigenvalue weighted by atomic mass is 10.1. The zero-order valence-electron chi connectivity index (χ0n) is 14.2. The first-order valence-corrected chi connectivity index (χ1v) is 8.74. The Hall–Kier alpha value is -1.80. The Labute approximate surface area is 137 Å². The van der Waals surface area contributed by atoms with Gasteiger partial charge in [0.25, 0.3) is 0 Å². The Kier molecular flexibility index (Phi) is 6.01. The van der Waals surface area contributed by atoms with Crippen LogP contribution in [0.5, 0.6) is 0 Å². The van der Waals surface area contributed by atoms with E-state index < -0.39 is 21.7 Å². The molecule has 4 N–H and O–H groups in total. The number of benzene rings is 1. The van der Waals surface area contributed by atoms with Gasteiger partial charge in [-0.15, -0.1) is 0 Å². The maximum Gasteiger partial charge on any atom is 0.407 e. The third-order valence-corrected chi connectivity index (χ3v) is 4.60. The third kappa shape index (κ3) is 6.07. The average molecular weight is 343 g/mol. The quantitative estimate of drug-likeness (QED) is 0.556. The number of rotatable bonds is 5. The lowest BCUT2D eigenvalue weighted by Crippen LogP contribution is -2.38. The number of amides is 1. The molecule has 1 aromatic rings. The van der Waals surface area contributed by atoms with E-state index in [2.05, 4.69) is 10.0 Å². The van der Waals surface area contributed by atoms with Crippen molar-refractivity contribution in [3.63, 3.8) is 0 Å². The Balaban J connectivity index is 2.63. The summed E-state index contributed by atoms with van der Waals surface area (Å²) in [5, 5.41) is 2.49. The molecule has 0 bridgehead atoms. The summed E-state index contributed by atoms with van der Waals surface area (Å²) in [4.78, 5) is 11.6. The molecule has 0 spiro atoms. The maximum absolute atomic E-state index is 12.3. The summed E-state index contributed by atoms with van der Waals surface area (Å²) in [7, 11) is -3.69. The highest BCUT2D eigenvalue weighted by atomic mass is 32.2. The van der Waals surface area contributed by atoms with Crippen LogP contribution < -0.4 is 15.8 Å². The van der Waals surface area contributed by atoms with Gasteiger partial charge in [-0.3, -0.25) is 0 Å². The van der Waals surface area contributed by atoms with E-state index >= 15 is 0 Å². The summed E-state index contributed by atoms with van der Waals surface area (Å²) in [6, 6.07) is 3.14. The number of aryl methyl sites for hydroxylation is 1. The fraction of sp³-hybridized carbons (Fsp3) is 0.533. The van der Waals surface area contributed by atoms with E-state index in [1.165, 1.54) is 6.07 Å². The van der Waals surface area contributed by atoms with Crippen molar-refractivity contribution in [3.8, 4) is 0 Å². The number of hydrogen-bond acceptors (Lipinski definition) is 5. The molecule has 23 heavy (non-hydrogen) atoms. The number of sulfonamides is 1. The van der Waals surface area contributed by atoms with Crippen LogP contribution in [-0.2, 0) is 14.8 Å². The van der Waals surface area contributed by atoms with Gasteiger partial charge in [-0.05, 0) is 57.9 Å². The Morgan fingerprint density at radius 1 is 1.22 bits per heavy atom. The van der Waals surface area contributed by atoms with Crippen LogP contribution in [0, 0.1) is 13.8 Å². The number of anilines is 1. The monoisotopic (exact) mass is 343 g/mol. The molecule has 1 aromatic carbocycles. The van der Waals surface area contributed by atoms with Gasteiger partial charge in [0.15, 0.2) is 0 Å². The van der Waals surface area contributed by atoms with Crippen molar-refractivity contribution in [2.24, 2.45) is 0 Å². The van der Waals surface area contributed by atoms with Gasteiger partial charge >= 0.3 is 6.09 Å². The van der Waals surface area contributed by atoms with Crippen molar-refractivity contribution >= 4 is 21.8 Å². The van der Waals surface area contributed by atoms with E-state index in [4.69, 9.17) is 10.5 Å². The Morgan fingerprint density at radius 2 is 1.83 bits per heavy atom. The van der Waals surface area contributed by atoms with Crippen molar-refractivity contribution in [2.45, 2.75) is 45.1 Å². The second kappa shape index (κ2) is 7.18. The molecule has 1 rings (SSSR count). The zero-order valence-corrected chi connectivity index (χ0v) is 15.0. The Bertz CT molecular complexity index is 679. The van der Waals surface area contributed by atoms with Crippen molar-refractivity contribution in [2.75, 3.05) is 18.8 Å². The van der Waals surface area contributed by atoms with E-state index in [9.17, 15) is 13.2 Å². The van der Waals surface area contributed by atoms with Crippen molar-refractivity contribution in [1.82, 2.24) is 10.0 Å². The average Bonchev–Trinajstić information content (AvgIpc) is 2.37. The Morgan fingerprint density at radius 3 is 2.39 bits per heavy atom. The predicted octanol–water partition coefficient (Wildman–Crippen LogP) is 1.69. The van der Waals surface area contributed by atoms with Gasteiger partial charge in [0.2, 0.25) is 10.0 Å². The van der Waals surface area contributed by atoms with Crippen LogP contribution in [0.3, 0.4) is 0 Å². The number of nitrogens with one attached hydrogen (secondary N) is 2. The molecule has 0 fully saturated rings. The fourth-order valence-electron chi connectivity index (χ4n) is 1.87.